The summed E-state index contributed by atoms with van der Waals surface area (Å²) >= 11 is 0. The van der Waals surface area contributed by atoms with E-state index in [0.29, 0.717) is 12.1 Å². The van der Waals surface area contributed by atoms with Crippen molar-refractivity contribution in [3.8, 4) is 5.75 Å². The molecule has 0 bridgehead atoms. The average molecular weight is 248 g/mol. The Morgan fingerprint density at radius 2 is 2.17 bits per heavy atom. The first-order chi connectivity index (χ1) is 8.83. The molecule has 1 fully saturated rings. The fraction of sp³-hybridized carbons (Fsp3) is 0.600. The van der Waals surface area contributed by atoms with Gasteiger partial charge in [0.15, 0.2) is 0 Å². The van der Waals surface area contributed by atoms with Crippen LogP contribution < -0.4 is 15.4 Å². The van der Waals surface area contributed by atoms with Crippen LogP contribution in [0.4, 0.5) is 0 Å². The van der Waals surface area contributed by atoms with E-state index >= 15 is 0 Å². The first kappa shape index (κ1) is 13.4. The van der Waals surface area contributed by atoms with E-state index in [1.807, 2.05) is 14.0 Å². The molecule has 0 aromatic heterocycles. The summed E-state index contributed by atoms with van der Waals surface area (Å²) in [5, 5.41) is 6.97. The lowest BCUT2D eigenvalue weighted by Gasteiger charge is -2.21. The Hall–Kier alpha value is -1.06. The molecular formula is C15H24N2O. The summed E-state index contributed by atoms with van der Waals surface area (Å²) < 4.78 is 5.47. The molecule has 2 unspecified atom stereocenters. The molecule has 1 aliphatic heterocycles. The highest BCUT2D eigenvalue weighted by Gasteiger charge is 2.19. The van der Waals surface area contributed by atoms with Crippen LogP contribution in [-0.2, 0) is 0 Å². The van der Waals surface area contributed by atoms with Gasteiger partial charge in [-0.15, -0.1) is 0 Å². The highest BCUT2D eigenvalue weighted by atomic mass is 16.5. The lowest BCUT2D eigenvalue weighted by molar-refractivity contribution is 0.340. The molecule has 0 amide bonds. The predicted molar refractivity (Wildman–Crippen MR) is 75.1 cm³/mol. The van der Waals surface area contributed by atoms with E-state index < -0.39 is 0 Å². The van der Waals surface area contributed by atoms with Crippen LogP contribution in [0.25, 0.3) is 0 Å². The second-order valence-electron chi connectivity index (χ2n) is 4.87. The van der Waals surface area contributed by atoms with Crippen molar-refractivity contribution in [1.82, 2.24) is 10.6 Å². The third kappa shape index (κ3) is 3.47. The highest BCUT2D eigenvalue weighted by Crippen LogP contribution is 2.23. The smallest absolute Gasteiger partial charge is 0.119 e. The Balaban J connectivity index is 1.97. The van der Waals surface area contributed by atoms with Crippen LogP contribution in [0.15, 0.2) is 24.3 Å². The number of rotatable bonds is 6. The summed E-state index contributed by atoms with van der Waals surface area (Å²) in [6.45, 7) is 3.90. The molecule has 2 atom stereocenters. The van der Waals surface area contributed by atoms with Crippen LogP contribution in [0.2, 0.25) is 0 Å². The van der Waals surface area contributed by atoms with Gasteiger partial charge in [0, 0.05) is 12.1 Å². The quantitative estimate of drug-likeness (QED) is 0.811. The minimum absolute atomic E-state index is 0.427. The minimum Gasteiger partial charge on any atom is -0.494 e. The van der Waals surface area contributed by atoms with E-state index in [1.54, 1.807) is 0 Å². The van der Waals surface area contributed by atoms with Crippen molar-refractivity contribution in [1.29, 1.82) is 0 Å². The fourth-order valence-corrected chi connectivity index (χ4v) is 2.63. The van der Waals surface area contributed by atoms with Gasteiger partial charge >= 0.3 is 0 Å². The van der Waals surface area contributed by atoms with Gasteiger partial charge in [0.1, 0.15) is 5.75 Å². The maximum absolute atomic E-state index is 5.47. The number of nitrogens with one attached hydrogen (secondary N) is 2. The normalized spacial score (nSPS) is 20.9. The molecule has 18 heavy (non-hydrogen) atoms. The summed E-state index contributed by atoms with van der Waals surface area (Å²) in [7, 11) is 2.04. The van der Waals surface area contributed by atoms with Crippen molar-refractivity contribution in [2.24, 2.45) is 0 Å². The summed E-state index contributed by atoms with van der Waals surface area (Å²) in [5.74, 6) is 0.954. The first-order valence-electron chi connectivity index (χ1n) is 6.97. The van der Waals surface area contributed by atoms with Crippen LogP contribution >= 0.6 is 0 Å². The second-order valence-corrected chi connectivity index (χ2v) is 4.87. The number of ether oxygens (including phenoxy) is 1. The molecule has 0 aliphatic carbocycles. The van der Waals surface area contributed by atoms with Gasteiger partial charge in [0.25, 0.3) is 0 Å². The Kier molecular flexibility index (Phi) is 5.02. The van der Waals surface area contributed by atoms with Crippen LogP contribution in [-0.4, -0.2) is 26.2 Å². The lowest BCUT2D eigenvalue weighted by Crippen LogP contribution is -2.28. The zero-order valence-electron chi connectivity index (χ0n) is 11.4. The molecule has 1 saturated heterocycles. The van der Waals surface area contributed by atoms with E-state index in [-0.39, 0.29) is 0 Å². The van der Waals surface area contributed by atoms with Gasteiger partial charge < -0.3 is 15.4 Å². The average Bonchev–Trinajstić information content (AvgIpc) is 2.90. The molecule has 1 aromatic rings. The van der Waals surface area contributed by atoms with Crippen LogP contribution in [0.5, 0.6) is 5.75 Å². The van der Waals surface area contributed by atoms with Gasteiger partial charge in [0.2, 0.25) is 0 Å². The Bertz CT molecular complexity index is 344. The molecule has 2 rings (SSSR count). The van der Waals surface area contributed by atoms with Crippen molar-refractivity contribution in [3.05, 3.63) is 29.8 Å². The highest BCUT2D eigenvalue weighted by molar-refractivity contribution is 5.29. The van der Waals surface area contributed by atoms with Gasteiger partial charge in [-0.1, -0.05) is 12.1 Å². The molecular weight excluding hydrogens is 224 g/mol. The number of benzene rings is 1. The van der Waals surface area contributed by atoms with Crippen molar-refractivity contribution in [2.75, 3.05) is 20.2 Å². The predicted octanol–water partition coefficient (Wildman–Crippen LogP) is 2.49. The van der Waals surface area contributed by atoms with Crippen molar-refractivity contribution < 1.29 is 4.74 Å². The largest absolute Gasteiger partial charge is 0.494 e. The molecule has 0 spiro atoms. The van der Waals surface area contributed by atoms with Gasteiger partial charge in [-0.25, -0.2) is 0 Å². The van der Waals surface area contributed by atoms with E-state index in [0.717, 1.165) is 18.8 Å². The monoisotopic (exact) mass is 248 g/mol. The molecule has 100 valence electrons. The third-order valence-electron chi connectivity index (χ3n) is 3.62. The lowest BCUT2D eigenvalue weighted by atomic mass is 9.98. The Morgan fingerprint density at radius 3 is 2.72 bits per heavy atom. The standard InChI is InChI=1S/C15H24N2O/c1-3-18-14-8-6-12(7-9-14)15(16-2)11-13-5-4-10-17-13/h6-9,13,15-17H,3-5,10-11H2,1-2H3. The molecule has 1 heterocycles. The summed E-state index contributed by atoms with van der Waals surface area (Å²) in [6.07, 6.45) is 3.77. The summed E-state index contributed by atoms with van der Waals surface area (Å²) in [5.41, 5.74) is 1.34. The molecule has 1 aromatic carbocycles. The van der Waals surface area contributed by atoms with Crippen molar-refractivity contribution >= 4 is 0 Å². The zero-order valence-corrected chi connectivity index (χ0v) is 11.4. The van der Waals surface area contributed by atoms with E-state index in [2.05, 4.69) is 34.9 Å². The molecule has 2 N–H and O–H groups in total. The van der Waals surface area contributed by atoms with Crippen LogP contribution in [0.3, 0.4) is 0 Å². The Labute approximate surface area is 110 Å². The van der Waals surface area contributed by atoms with Gasteiger partial charge in [-0.2, -0.15) is 0 Å². The second kappa shape index (κ2) is 6.76. The number of hydrogen-bond acceptors (Lipinski definition) is 3. The molecule has 3 heteroatoms. The van der Waals surface area contributed by atoms with E-state index in [4.69, 9.17) is 4.74 Å². The summed E-state index contributed by atoms with van der Waals surface area (Å²) in [6, 6.07) is 9.55. The van der Waals surface area contributed by atoms with Crippen LogP contribution in [0.1, 0.15) is 37.8 Å². The summed E-state index contributed by atoms with van der Waals surface area (Å²) in [4.78, 5) is 0. The Morgan fingerprint density at radius 1 is 1.39 bits per heavy atom. The SMILES string of the molecule is CCOc1ccc(C(CC2CCCN2)NC)cc1. The molecule has 0 saturated carbocycles. The molecule has 0 radical (unpaired) electrons. The van der Waals surface area contributed by atoms with Gasteiger partial charge in [-0.3, -0.25) is 0 Å². The van der Waals surface area contributed by atoms with Crippen molar-refractivity contribution in [3.63, 3.8) is 0 Å². The molecule has 3 nitrogen and oxygen atoms in total. The van der Waals surface area contributed by atoms with Crippen LogP contribution in [0, 0.1) is 0 Å². The zero-order chi connectivity index (χ0) is 12.8. The minimum atomic E-state index is 0.427. The van der Waals surface area contributed by atoms with E-state index in [9.17, 15) is 0 Å². The number of hydrogen-bond donors (Lipinski definition) is 2. The third-order valence-corrected chi connectivity index (χ3v) is 3.62. The fourth-order valence-electron chi connectivity index (χ4n) is 2.63. The van der Waals surface area contributed by atoms with Gasteiger partial charge in [0.05, 0.1) is 6.61 Å². The maximum atomic E-state index is 5.47. The first-order valence-corrected chi connectivity index (χ1v) is 6.97. The van der Waals surface area contributed by atoms with E-state index in [1.165, 1.54) is 24.9 Å². The van der Waals surface area contributed by atoms with Gasteiger partial charge in [-0.05, 0) is 57.5 Å². The topological polar surface area (TPSA) is 33.3 Å². The maximum Gasteiger partial charge on any atom is 0.119 e. The van der Waals surface area contributed by atoms with Crippen molar-refractivity contribution in [2.45, 2.75) is 38.3 Å². The molecule has 1 aliphatic rings.